The van der Waals surface area contributed by atoms with E-state index in [0.29, 0.717) is 24.7 Å². The maximum Gasteiger partial charge on any atom is 0.410 e. The lowest BCUT2D eigenvalue weighted by atomic mass is 10.0. The van der Waals surface area contributed by atoms with E-state index in [-0.39, 0.29) is 12.7 Å². The van der Waals surface area contributed by atoms with Gasteiger partial charge in [0.15, 0.2) is 0 Å². The molecular weight excluding hydrogens is 554 g/mol. The van der Waals surface area contributed by atoms with Gasteiger partial charge in [0.25, 0.3) is 0 Å². The molecule has 0 atom stereocenters. The van der Waals surface area contributed by atoms with Gasteiger partial charge in [-0.1, -0.05) is 42.5 Å². The number of benzene rings is 3. The lowest BCUT2D eigenvalue weighted by Crippen LogP contribution is -2.49. The van der Waals surface area contributed by atoms with Gasteiger partial charge in [-0.15, -0.1) is 0 Å². The number of ether oxygens (including phenoxy) is 2. The summed E-state index contributed by atoms with van der Waals surface area (Å²) in [5, 5.41) is 1.13. The van der Waals surface area contributed by atoms with Crippen LogP contribution in [0.2, 0.25) is 0 Å². The van der Waals surface area contributed by atoms with Crippen LogP contribution in [0.3, 0.4) is 0 Å². The Hall–Kier alpha value is -4.50. The zero-order chi connectivity index (χ0) is 30.5. The predicted molar refractivity (Wildman–Crippen MR) is 172 cm³/mol. The van der Waals surface area contributed by atoms with Gasteiger partial charge in [0, 0.05) is 80.4 Å². The standard InChI is InChI=1S/C35H41N5O4/c1-43-33-9-5-8-31(38-20-22-39(23-21-38)35(42)44-25-26-6-3-2-4-7-26)30(33)15-18-37-16-13-29(14-17-37)40-19-12-27-10-11-28(34(36)41)24-32(27)40/h2-12,19,24,29H,13-18,20-23,25H2,1H3,(H2,36,41). The zero-order valence-corrected chi connectivity index (χ0v) is 25.4. The first-order valence-corrected chi connectivity index (χ1v) is 15.5. The number of aromatic nitrogens is 1. The van der Waals surface area contributed by atoms with Crippen LogP contribution >= 0.6 is 0 Å². The second-order valence-electron chi connectivity index (χ2n) is 11.7. The molecule has 0 unspecified atom stereocenters. The van der Waals surface area contributed by atoms with Gasteiger partial charge in [-0.05, 0) is 60.5 Å². The molecule has 6 rings (SSSR count). The van der Waals surface area contributed by atoms with Crippen molar-refractivity contribution in [1.29, 1.82) is 0 Å². The average Bonchev–Trinajstić information content (AvgIpc) is 3.50. The largest absolute Gasteiger partial charge is 0.496 e. The Morgan fingerprint density at radius 2 is 1.66 bits per heavy atom. The summed E-state index contributed by atoms with van der Waals surface area (Å²) in [6, 6.07) is 24.2. The smallest absolute Gasteiger partial charge is 0.410 e. The van der Waals surface area contributed by atoms with Crippen LogP contribution in [0.15, 0.2) is 79.0 Å². The van der Waals surface area contributed by atoms with E-state index < -0.39 is 5.91 Å². The summed E-state index contributed by atoms with van der Waals surface area (Å²) in [5.41, 5.74) is 10.5. The van der Waals surface area contributed by atoms with Crippen LogP contribution in [0.5, 0.6) is 5.75 Å². The minimum atomic E-state index is -0.395. The number of methoxy groups -OCH3 is 1. The molecule has 2 saturated heterocycles. The monoisotopic (exact) mass is 595 g/mol. The van der Waals surface area contributed by atoms with Crippen molar-refractivity contribution in [2.45, 2.75) is 31.9 Å². The highest BCUT2D eigenvalue weighted by molar-refractivity contribution is 5.97. The fourth-order valence-electron chi connectivity index (χ4n) is 6.55. The molecule has 0 spiro atoms. The van der Waals surface area contributed by atoms with Crippen LogP contribution in [-0.4, -0.2) is 79.3 Å². The van der Waals surface area contributed by atoms with Crippen LogP contribution in [-0.2, 0) is 17.8 Å². The third-order valence-corrected chi connectivity index (χ3v) is 9.05. The molecule has 2 amide bonds. The summed E-state index contributed by atoms with van der Waals surface area (Å²) >= 11 is 0. The van der Waals surface area contributed by atoms with Crippen molar-refractivity contribution in [1.82, 2.24) is 14.4 Å². The van der Waals surface area contributed by atoms with E-state index in [1.165, 1.54) is 11.3 Å². The summed E-state index contributed by atoms with van der Waals surface area (Å²) in [6.45, 7) is 5.98. The van der Waals surface area contributed by atoms with Crippen LogP contribution in [0.25, 0.3) is 10.9 Å². The summed E-state index contributed by atoms with van der Waals surface area (Å²) in [4.78, 5) is 31.1. The van der Waals surface area contributed by atoms with Gasteiger partial charge in [-0.2, -0.15) is 0 Å². The number of piperidine rings is 1. The summed E-state index contributed by atoms with van der Waals surface area (Å²) in [7, 11) is 1.74. The summed E-state index contributed by atoms with van der Waals surface area (Å²) < 4.78 is 13.7. The Kier molecular flexibility index (Phi) is 9.02. The van der Waals surface area contributed by atoms with E-state index in [1.807, 2.05) is 48.5 Å². The zero-order valence-electron chi connectivity index (χ0n) is 25.4. The van der Waals surface area contributed by atoms with Crippen molar-refractivity contribution in [3.05, 3.63) is 95.7 Å². The normalized spacial score (nSPS) is 16.3. The van der Waals surface area contributed by atoms with E-state index in [1.54, 1.807) is 18.1 Å². The van der Waals surface area contributed by atoms with Crippen LogP contribution in [0.4, 0.5) is 10.5 Å². The number of nitrogens with two attached hydrogens (primary N) is 1. The fraction of sp³-hybridized carbons (Fsp3) is 0.371. The van der Waals surface area contributed by atoms with Crippen LogP contribution in [0, 0.1) is 0 Å². The predicted octanol–water partition coefficient (Wildman–Crippen LogP) is 5.09. The number of likely N-dealkylation sites (tertiary alicyclic amines) is 1. The van der Waals surface area contributed by atoms with Crippen molar-refractivity contribution >= 4 is 28.6 Å². The van der Waals surface area contributed by atoms with E-state index in [9.17, 15) is 9.59 Å². The van der Waals surface area contributed by atoms with Crippen molar-refractivity contribution in [3.63, 3.8) is 0 Å². The molecule has 9 heteroatoms. The van der Waals surface area contributed by atoms with E-state index in [4.69, 9.17) is 15.2 Å². The molecule has 230 valence electrons. The first kappa shape index (κ1) is 29.6. The van der Waals surface area contributed by atoms with Crippen LogP contribution in [0.1, 0.15) is 40.4 Å². The van der Waals surface area contributed by atoms with Gasteiger partial charge in [0.05, 0.1) is 7.11 Å². The van der Waals surface area contributed by atoms with E-state index in [2.05, 4.69) is 38.8 Å². The van der Waals surface area contributed by atoms with Gasteiger partial charge in [0.2, 0.25) is 5.91 Å². The maximum atomic E-state index is 12.7. The van der Waals surface area contributed by atoms with Gasteiger partial charge in [-0.25, -0.2) is 4.79 Å². The molecule has 0 saturated carbocycles. The summed E-state index contributed by atoms with van der Waals surface area (Å²) in [5.74, 6) is 0.513. The first-order valence-electron chi connectivity index (χ1n) is 15.5. The van der Waals surface area contributed by atoms with Crippen molar-refractivity contribution in [2.24, 2.45) is 5.73 Å². The Labute approximate surface area is 258 Å². The number of primary amides is 1. The molecule has 3 heterocycles. The highest BCUT2D eigenvalue weighted by Crippen LogP contribution is 2.32. The number of fused-ring (bicyclic) bond motifs is 1. The number of rotatable bonds is 9. The molecule has 0 bridgehead atoms. The lowest BCUT2D eigenvalue weighted by molar-refractivity contribution is 0.0941. The number of hydrogen-bond donors (Lipinski definition) is 1. The SMILES string of the molecule is COc1cccc(N2CCN(C(=O)OCc3ccccc3)CC2)c1CCN1CCC(n2ccc3ccc(C(N)=O)cc32)CC1. The molecule has 2 N–H and O–H groups in total. The molecule has 44 heavy (non-hydrogen) atoms. The summed E-state index contributed by atoms with van der Waals surface area (Å²) in [6.07, 6.45) is 4.86. The van der Waals surface area contributed by atoms with Crippen molar-refractivity contribution in [2.75, 3.05) is 57.8 Å². The lowest BCUT2D eigenvalue weighted by Gasteiger charge is -2.37. The van der Waals surface area contributed by atoms with E-state index in [0.717, 1.165) is 74.2 Å². The Balaban J connectivity index is 1.04. The van der Waals surface area contributed by atoms with Gasteiger partial charge in [0.1, 0.15) is 12.4 Å². The molecule has 1 aromatic heterocycles. The number of piperazine rings is 1. The Morgan fingerprint density at radius 1 is 0.886 bits per heavy atom. The second-order valence-corrected chi connectivity index (χ2v) is 11.7. The van der Waals surface area contributed by atoms with E-state index >= 15 is 0 Å². The highest BCUT2D eigenvalue weighted by atomic mass is 16.6. The average molecular weight is 596 g/mol. The topological polar surface area (TPSA) is 93.3 Å². The Bertz CT molecular complexity index is 1590. The highest BCUT2D eigenvalue weighted by Gasteiger charge is 2.26. The molecule has 4 aromatic rings. The molecule has 2 aliphatic rings. The minimum Gasteiger partial charge on any atom is -0.496 e. The number of nitrogens with zero attached hydrogens (tertiary/aromatic N) is 4. The van der Waals surface area contributed by atoms with Gasteiger partial charge in [-0.3, -0.25) is 4.79 Å². The van der Waals surface area contributed by atoms with Gasteiger partial charge < -0.3 is 34.5 Å². The van der Waals surface area contributed by atoms with Crippen molar-refractivity contribution < 1.29 is 19.1 Å². The second kappa shape index (κ2) is 13.4. The number of carbonyl (C=O) groups excluding carboxylic acids is 2. The molecule has 3 aromatic carbocycles. The quantitative estimate of drug-likeness (QED) is 0.290. The van der Waals surface area contributed by atoms with Crippen molar-refractivity contribution in [3.8, 4) is 5.75 Å². The minimum absolute atomic E-state index is 0.260. The number of carbonyl (C=O) groups is 2. The third kappa shape index (κ3) is 6.53. The molecular formula is C35H41N5O4. The maximum absolute atomic E-state index is 12.7. The molecule has 2 aliphatic heterocycles. The number of hydrogen-bond acceptors (Lipinski definition) is 6. The molecule has 2 fully saturated rings. The molecule has 0 aliphatic carbocycles. The first-order chi connectivity index (χ1) is 21.5. The third-order valence-electron chi connectivity index (χ3n) is 9.05. The fourth-order valence-corrected chi connectivity index (χ4v) is 6.55. The van der Waals surface area contributed by atoms with Crippen LogP contribution < -0.4 is 15.4 Å². The Morgan fingerprint density at radius 3 is 2.39 bits per heavy atom. The number of amides is 2. The van der Waals surface area contributed by atoms with Gasteiger partial charge >= 0.3 is 6.09 Å². The molecule has 9 nitrogen and oxygen atoms in total. The molecule has 0 radical (unpaired) electrons. The number of anilines is 1.